The summed E-state index contributed by atoms with van der Waals surface area (Å²) in [5.74, 6) is 1.10. The molecule has 2 fully saturated rings. The molecule has 0 bridgehead atoms. The number of rotatable bonds is 2. The molecule has 0 aromatic carbocycles. The van der Waals surface area contributed by atoms with Gasteiger partial charge in [0.2, 0.25) is 0 Å². The van der Waals surface area contributed by atoms with Crippen LogP contribution in [-0.4, -0.2) is 30.1 Å². The van der Waals surface area contributed by atoms with Crippen LogP contribution in [0.15, 0.2) is 22.8 Å². The van der Waals surface area contributed by atoms with E-state index in [1.807, 2.05) is 6.07 Å². The van der Waals surface area contributed by atoms with Gasteiger partial charge in [-0.05, 0) is 25.0 Å². The third-order valence-electron chi connectivity index (χ3n) is 3.69. The molecule has 1 N–H and O–H groups in total. The monoisotopic (exact) mass is 206 g/mol. The molecule has 1 saturated carbocycles. The fourth-order valence-electron chi connectivity index (χ4n) is 2.97. The lowest BCUT2D eigenvalue weighted by molar-refractivity contribution is 0.120. The molecule has 3 heteroatoms. The van der Waals surface area contributed by atoms with Crippen molar-refractivity contribution < 1.29 is 4.42 Å². The Hall–Kier alpha value is -0.800. The maximum Gasteiger partial charge on any atom is 0.117 e. The summed E-state index contributed by atoms with van der Waals surface area (Å²) < 4.78 is 5.42. The Balaban J connectivity index is 1.69. The molecule has 1 aliphatic carbocycles. The van der Waals surface area contributed by atoms with Gasteiger partial charge in [0.1, 0.15) is 5.76 Å². The highest BCUT2D eigenvalue weighted by Gasteiger charge is 2.34. The van der Waals surface area contributed by atoms with Crippen molar-refractivity contribution >= 4 is 0 Å². The van der Waals surface area contributed by atoms with Crippen LogP contribution in [0.1, 0.15) is 25.0 Å². The smallest absolute Gasteiger partial charge is 0.117 e. The van der Waals surface area contributed by atoms with Crippen LogP contribution in [-0.2, 0) is 6.54 Å². The van der Waals surface area contributed by atoms with Crippen LogP contribution >= 0.6 is 0 Å². The van der Waals surface area contributed by atoms with E-state index in [1.54, 1.807) is 6.26 Å². The number of hydrogen-bond donors (Lipinski definition) is 1. The molecule has 15 heavy (non-hydrogen) atoms. The minimum absolute atomic E-state index is 0.730. The van der Waals surface area contributed by atoms with Gasteiger partial charge in [-0.25, -0.2) is 0 Å². The lowest BCUT2D eigenvalue weighted by atomic mass is 10.1. The van der Waals surface area contributed by atoms with Crippen LogP contribution in [0.2, 0.25) is 0 Å². The number of fused-ring (bicyclic) bond motifs is 1. The normalized spacial score (nSPS) is 31.7. The van der Waals surface area contributed by atoms with Crippen molar-refractivity contribution in [1.82, 2.24) is 10.2 Å². The zero-order valence-corrected chi connectivity index (χ0v) is 8.98. The Morgan fingerprint density at radius 1 is 1.47 bits per heavy atom. The SMILES string of the molecule is c1coc(CN2CCN[C@@H]3CCC[C@H]32)c1. The van der Waals surface area contributed by atoms with Gasteiger partial charge < -0.3 is 9.73 Å². The summed E-state index contributed by atoms with van der Waals surface area (Å²) in [6.45, 7) is 3.26. The summed E-state index contributed by atoms with van der Waals surface area (Å²) in [4.78, 5) is 2.58. The zero-order chi connectivity index (χ0) is 10.1. The highest BCUT2D eigenvalue weighted by molar-refractivity contribution is 5.01. The average molecular weight is 206 g/mol. The molecule has 2 aliphatic rings. The van der Waals surface area contributed by atoms with Crippen LogP contribution in [0, 0.1) is 0 Å². The van der Waals surface area contributed by atoms with Crippen molar-refractivity contribution in [3.05, 3.63) is 24.2 Å². The summed E-state index contributed by atoms with van der Waals surface area (Å²) in [7, 11) is 0. The van der Waals surface area contributed by atoms with Crippen LogP contribution in [0.25, 0.3) is 0 Å². The maximum absolute atomic E-state index is 5.42. The quantitative estimate of drug-likeness (QED) is 0.797. The Bertz CT molecular complexity index is 309. The van der Waals surface area contributed by atoms with E-state index >= 15 is 0 Å². The predicted octanol–water partition coefficient (Wildman–Crippen LogP) is 1.61. The molecule has 1 aromatic rings. The summed E-state index contributed by atoms with van der Waals surface area (Å²) in [5.41, 5.74) is 0. The molecule has 1 aromatic heterocycles. The molecule has 3 rings (SSSR count). The fourth-order valence-corrected chi connectivity index (χ4v) is 2.97. The van der Waals surface area contributed by atoms with Crippen LogP contribution < -0.4 is 5.32 Å². The topological polar surface area (TPSA) is 28.4 Å². The lowest BCUT2D eigenvalue weighted by Crippen LogP contribution is -2.54. The number of nitrogens with one attached hydrogen (secondary N) is 1. The van der Waals surface area contributed by atoms with Crippen LogP contribution in [0.5, 0.6) is 0 Å². The van der Waals surface area contributed by atoms with Gasteiger partial charge >= 0.3 is 0 Å². The maximum atomic E-state index is 5.42. The van der Waals surface area contributed by atoms with Gasteiger partial charge in [0.05, 0.1) is 12.8 Å². The van der Waals surface area contributed by atoms with Crippen molar-refractivity contribution in [2.75, 3.05) is 13.1 Å². The molecule has 0 amide bonds. The highest BCUT2D eigenvalue weighted by Crippen LogP contribution is 2.27. The van der Waals surface area contributed by atoms with Gasteiger partial charge in [0, 0.05) is 25.2 Å². The van der Waals surface area contributed by atoms with Crippen LogP contribution in [0.3, 0.4) is 0 Å². The van der Waals surface area contributed by atoms with E-state index in [1.165, 1.54) is 19.3 Å². The number of furan rings is 1. The minimum atomic E-state index is 0.730. The summed E-state index contributed by atoms with van der Waals surface area (Å²) in [6.07, 6.45) is 5.83. The third kappa shape index (κ3) is 1.82. The Kier molecular flexibility index (Phi) is 2.51. The molecule has 3 nitrogen and oxygen atoms in total. The molecule has 1 saturated heterocycles. The van der Waals surface area contributed by atoms with Gasteiger partial charge in [0.15, 0.2) is 0 Å². The third-order valence-corrected chi connectivity index (χ3v) is 3.69. The summed E-state index contributed by atoms with van der Waals surface area (Å²) in [5, 5.41) is 3.62. The Morgan fingerprint density at radius 3 is 3.33 bits per heavy atom. The molecule has 82 valence electrons. The Morgan fingerprint density at radius 2 is 2.47 bits per heavy atom. The second-order valence-corrected chi connectivity index (χ2v) is 4.61. The number of piperazine rings is 1. The van der Waals surface area contributed by atoms with Crippen molar-refractivity contribution in [1.29, 1.82) is 0 Å². The first-order valence-corrected chi connectivity index (χ1v) is 5.93. The van der Waals surface area contributed by atoms with Crippen molar-refractivity contribution in [2.24, 2.45) is 0 Å². The van der Waals surface area contributed by atoms with E-state index in [4.69, 9.17) is 4.42 Å². The zero-order valence-electron chi connectivity index (χ0n) is 8.98. The number of nitrogens with zero attached hydrogens (tertiary/aromatic N) is 1. The van der Waals surface area contributed by atoms with E-state index in [9.17, 15) is 0 Å². The first-order chi connectivity index (χ1) is 7.43. The molecule has 0 unspecified atom stereocenters. The molecular weight excluding hydrogens is 188 g/mol. The summed E-state index contributed by atoms with van der Waals surface area (Å²) >= 11 is 0. The predicted molar refractivity (Wildman–Crippen MR) is 58.5 cm³/mol. The molecular formula is C12H18N2O. The van der Waals surface area contributed by atoms with Crippen molar-refractivity contribution in [2.45, 2.75) is 37.9 Å². The minimum Gasteiger partial charge on any atom is -0.468 e. The summed E-state index contributed by atoms with van der Waals surface area (Å²) in [6, 6.07) is 5.52. The first kappa shape index (κ1) is 9.43. The van der Waals surface area contributed by atoms with Gasteiger partial charge in [-0.3, -0.25) is 4.90 Å². The molecule has 0 spiro atoms. The molecule has 2 atom stereocenters. The number of hydrogen-bond acceptors (Lipinski definition) is 3. The van der Waals surface area contributed by atoms with Gasteiger partial charge in [-0.1, -0.05) is 6.42 Å². The lowest BCUT2D eigenvalue weighted by Gasteiger charge is -2.37. The Labute approximate surface area is 90.4 Å². The molecule has 2 heterocycles. The standard InChI is InChI=1S/C12H18N2O/c1-4-11-12(5-1)14(7-6-13-11)9-10-3-2-8-15-10/h2-3,8,11-13H,1,4-7,9H2/t11-,12-/m1/s1. The van der Waals surface area contributed by atoms with Gasteiger partial charge in [0.25, 0.3) is 0 Å². The second kappa shape index (κ2) is 3.99. The van der Waals surface area contributed by atoms with E-state index in [0.717, 1.165) is 37.5 Å². The molecule has 1 aliphatic heterocycles. The average Bonchev–Trinajstić information content (AvgIpc) is 2.87. The molecule has 0 radical (unpaired) electrons. The van der Waals surface area contributed by atoms with Gasteiger partial charge in [-0.2, -0.15) is 0 Å². The van der Waals surface area contributed by atoms with E-state index in [2.05, 4.69) is 16.3 Å². The van der Waals surface area contributed by atoms with E-state index in [-0.39, 0.29) is 0 Å². The van der Waals surface area contributed by atoms with Gasteiger partial charge in [-0.15, -0.1) is 0 Å². The van der Waals surface area contributed by atoms with Crippen LogP contribution in [0.4, 0.5) is 0 Å². The second-order valence-electron chi connectivity index (χ2n) is 4.61. The highest BCUT2D eigenvalue weighted by atomic mass is 16.3. The largest absolute Gasteiger partial charge is 0.468 e. The van der Waals surface area contributed by atoms with E-state index in [0.29, 0.717) is 0 Å². The first-order valence-electron chi connectivity index (χ1n) is 5.93. The van der Waals surface area contributed by atoms with Crippen molar-refractivity contribution in [3.63, 3.8) is 0 Å². The van der Waals surface area contributed by atoms with E-state index < -0.39 is 0 Å². The fraction of sp³-hybridized carbons (Fsp3) is 0.667. The van der Waals surface area contributed by atoms with Crippen molar-refractivity contribution in [3.8, 4) is 0 Å².